The van der Waals surface area contributed by atoms with Crippen molar-refractivity contribution in [1.29, 1.82) is 0 Å². The van der Waals surface area contributed by atoms with Gasteiger partial charge >= 0.3 is 0 Å². The van der Waals surface area contributed by atoms with Gasteiger partial charge in [0.25, 0.3) is 0 Å². The monoisotopic (exact) mass is 375 g/mol. The van der Waals surface area contributed by atoms with Crippen LogP contribution in [0.5, 0.6) is 0 Å². The fourth-order valence-electron chi connectivity index (χ4n) is 4.38. The molecule has 150 valence electrons. The van der Waals surface area contributed by atoms with Crippen molar-refractivity contribution in [3.05, 3.63) is 35.9 Å². The second-order valence-electron chi connectivity index (χ2n) is 7.90. The van der Waals surface area contributed by atoms with Crippen LogP contribution in [0.25, 0.3) is 0 Å². The molecule has 2 saturated heterocycles. The second-order valence-corrected chi connectivity index (χ2v) is 7.90. The van der Waals surface area contributed by atoms with E-state index in [0.29, 0.717) is 19.8 Å². The Morgan fingerprint density at radius 1 is 1.11 bits per heavy atom. The van der Waals surface area contributed by atoms with Gasteiger partial charge in [0.1, 0.15) is 5.54 Å². The Labute approximate surface area is 162 Å². The van der Waals surface area contributed by atoms with Crippen LogP contribution in [0.15, 0.2) is 30.3 Å². The Hall–Kier alpha value is -1.47. The Kier molecular flexibility index (Phi) is 7.24. The zero-order chi connectivity index (χ0) is 19.1. The summed E-state index contributed by atoms with van der Waals surface area (Å²) in [5.74, 6) is -0.184. The molecule has 2 heterocycles. The number of hydrogen-bond acceptors (Lipinski definition) is 5. The number of nitrogens with zero attached hydrogens (tertiary/aromatic N) is 2. The largest absolute Gasteiger partial charge is 0.389 e. The quantitative estimate of drug-likeness (QED) is 0.717. The molecule has 1 unspecified atom stereocenters. The van der Waals surface area contributed by atoms with Gasteiger partial charge in [0.15, 0.2) is 0 Å². The van der Waals surface area contributed by atoms with Crippen molar-refractivity contribution in [2.45, 2.75) is 50.4 Å². The predicted molar refractivity (Wildman–Crippen MR) is 105 cm³/mol. The molecule has 3 rings (SSSR count). The summed E-state index contributed by atoms with van der Waals surface area (Å²) in [6.07, 6.45) is 4.52. The topological polar surface area (TPSA) is 79.0 Å². The molecule has 0 aromatic heterocycles. The molecule has 27 heavy (non-hydrogen) atoms. The minimum atomic E-state index is -0.523. The average Bonchev–Trinajstić information content (AvgIpc) is 2.70. The molecule has 1 aromatic rings. The minimum absolute atomic E-state index is 0.184. The molecule has 0 aliphatic carbocycles. The molecule has 1 atom stereocenters. The van der Waals surface area contributed by atoms with Gasteiger partial charge in [0.2, 0.25) is 5.91 Å². The number of aliphatic hydroxyl groups is 1. The maximum atomic E-state index is 12.3. The van der Waals surface area contributed by atoms with Crippen molar-refractivity contribution < 1.29 is 14.6 Å². The Balaban J connectivity index is 1.43. The maximum absolute atomic E-state index is 12.3. The molecule has 2 aliphatic heterocycles. The van der Waals surface area contributed by atoms with E-state index in [4.69, 9.17) is 10.5 Å². The Bertz CT molecular complexity index is 582. The number of nitrogens with two attached hydrogens (primary N) is 1. The van der Waals surface area contributed by atoms with Gasteiger partial charge in [0, 0.05) is 19.6 Å². The number of ether oxygens (including phenoxy) is 1. The molecule has 1 aromatic carbocycles. The van der Waals surface area contributed by atoms with E-state index < -0.39 is 11.6 Å². The highest BCUT2D eigenvalue weighted by Gasteiger charge is 2.45. The van der Waals surface area contributed by atoms with Crippen LogP contribution in [-0.2, 0) is 16.1 Å². The first-order valence-electron chi connectivity index (χ1n) is 10.2. The fraction of sp³-hybridized carbons (Fsp3) is 0.667. The van der Waals surface area contributed by atoms with Crippen molar-refractivity contribution >= 4 is 5.91 Å². The van der Waals surface area contributed by atoms with Crippen molar-refractivity contribution in [2.24, 2.45) is 5.73 Å². The third-order valence-corrected chi connectivity index (χ3v) is 5.99. The van der Waals surface area contributed by atoms with Gasteiger partial charge in [-0.1, -0.05) is 36.8 Å². The van der Waals surface area contributed by atoms with Gasteiger partial charge < -0.3 is 20.5 Å². The van der Waals surface area contributed by atoms with Gasteiger partial charge in [-0.2, -0.15) is 0 Å². The van der Waals surface area contributed by atoms with Crippen LogP contribution in [0.1, 0.15) is 37.7 Å². The summed E-state index contributed by atoms with van der Waals surface area (Å²) in [5, 5.41) is 10.3. The zero-order valence-electron chi connectivity index (χ0n) is 16.2. The van der Waals surface area contributed by atoms with Crippen LogP contribution in [0.3, 0.4) is 0 Å². The highest BCUT2D eigenvalue weighted by Crippen LogP contribution is 2.31. The van der Waals surface area contributed by atoms with Crippen LogP contribution in [0.2, 0.25) is 0 Å². The number of β-amino-alcohol motifs (C(OH)–C–C–N with tert-alkyl or cyclic N) is 1. The van der Waals surface area contributed by atoms with E-state index in [1.807, 2.05) is 30.3 Å². The summed E-state index contributed by atoms with van der Waals surface area (Å²) >= 11 is 0. The maximum Gasteiger partial charge on any atom is 0.238 e. The summed E-state index contributed by atoms with van der Waals surface area (Å²) in [7, 11) is 0. The molecule has 6 nitrogen and oxygen atoms in total. The molecule has 2 aliphatic rings. The van der Waals surface area contributed by atoms with Crippen LogP contribution in [0, 0.1) is 0 Å². The number of likely N-dealkylation sites (tertiary alicyclic amines) is 2. The molecule has 0 spiro atoms. The molecule has 6 heteroatoms. The van der Waals surface area contributed by atoms with E-state index in [2.05, 4.69) is 9.80 Å². The minimum Gasteiger partial charge on any atom is -0.389 e. The molecular weight excluding hydrogens is 342 g/mol. The van der Waals surface area contributed by atoms with Crippen molar-refractivity contribution in [1.82, 2.24) is 9.80 Å². The average molecular weight is 376 g/mol. The summed E-state index contributed by atoms with van der Waals surface area (Å²) in [6.45, 7) is 4.92. The van der Waals surface area contributed by atoms with Gasteiger partial charge in [-0.3, -0.25) is 9.69 Å². The summed E-state index contributed by atoms with van der Waals surface area (Å²) in [4.78, 5) is 16.8. The first kappa shape index (κ1) is 20.3. The number of hydrogen-bond donors (Lipinski definition) is 2. The molecule has 2 fully saturated rings. The number of rotatable bonds is 8. The van der Waals surface area contributed by atoms with Crippen molar-refractivity contribution in [3.63, 3.8) is 0 Å². The Morgan fingerprint density at radius 2 is 1.78 bits per heavy atom. The lowest BCUT2D eigenvalue weighted by atomic mass is 9.83. The van der Waals surface area contributed by atoms with E-state index in [-0.39, 0.29) is 5.91 Å². The van der Waals surface area contributed by atoms with E-state index in [1.165, 1.54) is 6.42 Å². The normalized spacial score (nSPS) is 22.4. The first-order valence-corrected chi connectivity index (χ1v) is 10.2. The van der Waals surface area contributed by atoms with Crippen LogP contribution in [-0.4, -0.2) is 71.8 Å². The lowest BCUT2D eigenvalue weighted by Crippen LogP contribution is -2.63. The summed E-state index contributed by atoms with van der Waals surface area (Å²) in [5.41, 5.74) is 6.44. The number of primary amides is 1. The number of amides is 1. The predicted octanol–water partition coefficient (Wildman–Crippen LogP) is 1.37. The number of piperidine rings is 2. The summed E-state index contributed by atoms with van der Waals surface area (Å²) in [6, 6.07) is 9.97. The number of aliphatic hydroxyl groups excluding tert-OH is 1. The molecule has 0 saturated carbocycles. The Morgan fingerprint density at radius 3 is 2.41 bits per heavy atom. The smallest absolute Gasteiger partial charge is 0.238 e. The van der Waals surface area contributed by atoms with Gasteiger partial charge in [-0.05, 0) is 44.3 Å². The lowest BCUT2D eigenvalue weighted by Gasteiger charge is -2.48. The SMILES string of the molecule is NC(=O)C1(N2CCCCC2)CCN(CC(O)COCc2ccccc2)CC1. The van der Waals surface area contributed by atoms with Crippen LogP contribution >= 0.6 is 0 Å². The molecule has 1 amide bonds. The van der Waals surface area contributed by atoms with Crippen molar-refractivity contribution in [2.75, 3.05) is 39.3 Å². The highest BCUT2D eigenvalue weighted by atomic mass is 16.5. The number of benzene rings is 1. The van der Waals surface area contributed by atoms with Gasteiger partial charge in [-0.15, -0.1) is 0 Å². The first-order chi connectivity index (χ1) is 13.1. The standard InChI is InChI=1S/C21H33N3O3/c22-20(26)21(24-11-5-2-6-12-24)9-13-23(14-10-21)15-19(25)17-27-16-18-7-3-1-4-8-18/h1,3-4,7-8,19,25H,2,5-6,9-17H2,(H2,22,26). The van der Waals surface area contributed by atoms with Gasteiger partial charge in [-0.25, -0.2) is 0 Å². The molecule has 0 radical (unpaired) electrons. The van der Waals surface area contributed by atoms with E-state index >= 15 is 0 Å². The third-order valence-electron chi connectivity index (χ3n) is 5.99. The van der Waals surface area contributed by atoms with Gasteiger partial charge in [0.05, 0.1) is 19.3 Å². The third kappa shape index (κ3) is 5.29. The zero-order valence-corrected chi connectivity index (χ0v) is 16.2. The summed E-state index contributed by atoms with van der Waals surface area (Å²) < 4.78 is 5.64. The van der Waals surface area contributed by atoms with E-state index in [0.717, 1.165) is 57.4 Å². The van der Waals surface area contributed by atoms with Crippen LogP contribution in [0.4, 0.5) is 0 Å². The molecular formula is C21H33N3O3. The van der Waals surface area contributed by atoms with E-state index in [9.17, 15) is 9.90 Å². The molecule has 3 N–H and O–H groups in total. The fourth-order valence-corrected chi connectivity index (χ4v) is 4.38. The number of carbonyl (C=O) groups excluding carboxylic acids is 1. The highest BCUT2D eigenvalue weighted by molar-refractivity contribution is 5.84. The number of carbonyl (C=O) groups is 1. The van der Waals surface area contributed by atoms with Crippen LogP contribution < -0.4 is 5.73 Å². The second kappa shape index (κ2) is 9.64. The van der Waals surface area contributed by atoms with E-state index in [1.54, 1.807) is 0 Å². The van der Waals surface area contributed by atoms with Crippen molar-refractivity contribution in [3.8, 4) is 0 Å². The molecule has 0 bridgehead atoms. The lowest BCUT2D eigenvalue weighted by molar-refractivity contribution is -0.135.